The highest BCUT2D eigenvalue weighted by Gasteiger charge is 2.27. The number of sulfonamides is 1. The van der Waals surface area contributed by atoms with Crippen LogP contribution in [0.5, 0.6) is 0 Å². The lowest BCUT2D eigenvalue weighted by Crippen LogP contribution is -2.33. The van der Waals surface area contributed by atoms with Gasteiger partial charge in [0, 0.05) is 19.1 Å². The van der Waals surface area contributed by atoms with Crippen molar-refractivity contribution in [3.63, 3.8) is 0 Å². The van der Waals surface area contributed by atoms with Crippen LogP contribution in [0.4, 0.5) is 0 Å². The molecule has 0 aromatic carbocycles. The molecule has 0 amide bonds. The monoisotopic (exact) mass is 314 g/mol. The van der Waals surface area contributed by atoms with Crippen molar-refractivity contribution in [2.24, 2.45) is 0 Å². The molecule has 1 aliphatic rings. The minimum Gasteiger partial charge on any atom is -0.447 e. The van der Waals surface area contributed by atoms with Gasteiger partial charge in [-0.3, -0.25) is 0 Å². The molecule has 0 aliphatic carbocycles. The molecule has 1 N–H and O–H groups in total. The van der Waals surface area contributed by atoms with Crippen LogP contribution in [0.15, 0.2) is 21.6 Å². The average Bonchev–Trinajstić information content (AvgIpc) is 2.84. The van der Waals surface area contributed by atoms with E-state index in [4.69, 9.17) is 4.42 Å². The molecule has 0 unspecified atom stereocenters. The number of rotatable bonds is 5. The Kier molecular flexibility index (Phi) is 5.84. The molecule has 21 heavy (non-hydrogen) atoms. The van der Waals surface area contributed by atoms with E-state index in [2.05, 4.69) is 5.32 Å². The highest BCUT2D eigenvalue weighted by molar-refractivity contribution is 7.89. The van der Waals surface area contributed by atoms with Gasteiger partial charge in [-0.15, -0.1) is 0 Å². The number of nitrogens with zero attached hydrogens (tertiary/aromatic N) is 1. The molecular formula is C15H26N2O3S. The van der Waals surface area contributed by atoms with Gasteiger partial charge in [0.15, 0.2) is 0 Å². The van der Waals surface area contributed by atoms with Crippen molar-refractivity contribution in [2.45, 2.75) is 63.6 Å². The smallest absolute Gasteiger partial charge is 0.276 e. The predicted molar refractivity (Wildman–Crippen MR) is 82.5 cm³/mol. The summed E-state index contributed by atoms with van der Waals surface area (Å²) in [6.07, 6.45) is 5.28. The molecular weight excluding hydrogens is 288 g/mol. The lowest BCUT2D eigenvalue weighted by molar-refractivity contribution is 0.338. The summed E-state index contributed by atoms with van der Waals surface area (Å²) in [7, 11) is -3.48. The highest BCUT2D eigenvalue weighted by Crippen LogP contribution is 2.22. The third-order valence-corrected chi connectivity index (χ3v) is 5.50. The summed E-state index contributed by atoms with van der Waals surface area (Å²) in [5.74, 6) is 0.661. The fourth-order valence-electron chi connectivity index (χ4n) is 2.48. The van der Waals surface area contributed by atoms with E-state index in [1.54, 1.807) is 16.4 Å². The van der Waals surface area contributed by atoms with Gasteiger partial charge < -0.3 is 9.73 Å². The van der Waals surface area contributed by atoms with E-state index in [1.807, 2.05) is 13.8 Å². The van der Waals surface area contributed by atoms with E-state index in [0.29, 0.717) is 31.4 Å². The largest absolute Gasteiger partial charge is 0.447 e. The van der Waals surface area contributed by atoms with Gasteiger partial charge in [-0.2, -0.15) is 4.31 Å². The maximum Gasteiger partial charge on any atom is 0.276 e. The van der Waals surface area contributed by atoms with Crippen molar-refractivity contribution in [1.29, 1.82) is 0 Å². The molecule has 120 valence electrons. The lowest BCUT2D eigenvalue weighted by Gasteiger charge is -2.22. The Morgan fingerprint density at radius 3 is 2.38 bits per heavy atom. The first-order chi connectivity index (χ1) is 10.00. The van der Waals surface area contributed by atoms with Crippen LogP contribution in [0.1, 0.15) is 51.7 Å². The van der Waals surface area contributed by atoms with E-state index in [1.165, 1.54) is 6.42 Å². The second kappa shape index (κ2) is 7.42. The van der Waals surface area contributed by atoms with Gasteiger partial charge in [0.05, 0.1) is 6.54 Å². The molecule has 2 rings (SSSR count). The van der Waals surface area contributed by atoms with E-state index in [0.717, 1.165) is 25.7 Å². The highest BCUT2D eigenvalue weighted by atomic mass is 32.2. The zero-order valence-corrected chi connectivity index (χ0v) is 13.8. The zero-order valence-electron chi connectivity index (χ0n) is 13.0. The quantitative estimate of drug-likeness (QED) is 0.907. The van der Waals surface area contributed by atoms with Crippen LogP contribution in [0.3, 0.4) is 0 Å². The molecule has 5 nitrogen and oxygen atoms in total. The molecule has 1 aromatic heterocycles. The molecule has 1 aliphatic heterocycles. The maximum absolute atomic E-state index is 12.6. The van der Waals surface area contributed by atoms with Crippen LogP contribution >= 0.6 is 0 Å². The predicted octanol–water partition coefficient (Wildman–Crippen LogP) is 2.73. The summed E-state index contributed by atoms with van der Waals surface area (Å²) >= 11 is 0. The first-order valence-corrected chi connectivity index (χ1v) is 9.26. The minimum absolute atomic E-state index is 0.0728. The summed E-state index contributed by atoms with van der Waals surface area (Å²) in [5.41, 5.74) is 0. The maximum atomic E-state index is 12.6. The fraction of sp³-hybridized carbons (Fsp3) is 0.733. The summed E-state index contributed by atoms with van der Waals surface area (Å²) in [6, 6.07) is 3.65. The Balaban J connectivity index is 2.07. The van der Waals surface area contributed by atoms with E-state index < -0.39 is 10.0 Å². The number of hydrogen-bond acceptors (Lipinski definition) is 4. The Hall–Kier alpha value is -0.850. The van der Waals surface area contributed by atoms with Crippen molar-refractivity contribution in [3.8, 4) is 0 Å². The first kappa shape index (κ1) is 16.5. The van der Waals surface area contributed by atoms with Gasteiger partial charge in [0.25, 0.3) is 10.0 Å². The average molecular weight is 314 g/mol. The molecule has 6 heteroatoms. The van der Waals surface area contributed by atoms with Crippen molar-refractivity contribution in [1.82, 2.24) is 9.62 Å². The molecule has 2 heterocycles. The number of nitrogens with one attached hydrogen (secondary N) is 1. The fourth-order valence-corrected chi connectivity index (χ4v) is 3.93. The molecule has 0 spiro atoms. The molecule has 0 atom stereocenters. The summed E-state index contributed by atoms with van der Waals surface area (Å²) in [5, 5.41) is 3.29. The van der Waals surface area contributed by atoms with E-state index in [9.17, 15) is 8.42 Å². The zero-order chi connectivity index (χ0) is 15.3. The van der Waals surface area contributed by atoms with Crippen molar-refractivity contribution in [3.05, 3.63) is 17.9 Å². The molecule has 1 aromatic rings. The number of furan rings is 1. The summed E-state index contributed by atoms with van der Waals surface area (Å²) in [4.78, 5) is 0. The van der Waals surface area contributed by atoms with Crippen LogP contribution in [-0.4, -0.2) is 31.9 Å². The lowest BCUT2D eigenvalue weighted by atomic mass is 10.1. The molecule has 0 radical (unpaired) electrons. The minimum atomic E-state index is -3.48. The second-order valence-corrected chi connectivity index (χ2v) is 7.80. The van der Waals surface area contributed by atoms with Crippen LogP contribution in [0, 0.1) is 0 Å². The normalized spacial score (nSPS) is 18.6. The third-order valence-electron chi connectivity index (χ3n) is 3.73. The SMILES string of the molecule is CC(C)NCc1ccc(S(=O)(=O)N2CCCCCCC2)o1. The molecule has 0 bridgehead atoms. The van der Waals surface area contributed by atoms with Gasteiger partial charge in [-0.1, -0.05) is 33.1 Å². The van der Waals surface area contributed by atoms with Crippen molar-refractivity contribution in [2.75, 3.05) is 13.1 Å². The van der Waals surface area contributed by atoms with Gasteiger partial charge in [0.1, 0.15) is 5.76 Å². The van der Waals surface area contributed by atoms with Crippen LogP contribution in [0.25, 0.3) is 0 Å². The van der Waals surface area contributed by atoms with Gasteiger partial charge in [-0.05, 0) is 25.0 Å². The topological polar surface area (TPSA) is 62.6 Å². The van der Waals surface area contributed by atoms with Crippen molar-refractivity contribution < 1.29 is 12.8 Å². The van der Waals surface area contributed by atoms with Crippen LogP contribution < -0.4 is 5.32 Å². The van der Waals surface area contributed by atoms with E-state index in [-0.39, 0.29) is 5.09 Å². The van der Waals surface area contributed by atoms with Crippen LogP contribution in [0.2, 0.25) is 0 Å². The van der Waals surface area contributed by atoms with Gasteiger partial charge in [-0.25, -0.2) is 8.42 Å². The Morgan fingerprint density at radius 2 is 1.76 bits per heavy atom. The third kappa shape index (κ3) is 4.56. The Bertz CT molecular complexity index is 529. The number of hydrogen-bond donors (Lipinski definition) is 1. The molecule has 1 fully saturated rings. The van der Waals surface area contributed by atoms with Gasteiger partial charge >= 0.3 is 0 Å². The Labute approximate surface area is 127 Å². The van der Waals surface area contributed by atoms with Crippen molar-refractivity contribution >= 4 is 10.0 Å². The van der Waals surface area contributed by atoms with E-state index >= 15 is 0 Å². The molecule has 0 saturated carbocycles. The molecule has 1 saturated heterocycles. The van der Waals surface area contributed by atoms with Crippen LogP contribution in [-0.2, 0) is 16.6 Å². The van der Waals surface area contributed by atoms with Gasteiger partial charge in [0.2, 0.25) is 5.09 Å². The standard InChI is InChI=1S/C15H26N2O3S/c1-13(2)16-12-14-8-9-15(20-14)21(18,19)17-10-6-4-3-5-7-11-17/h8-9,13,16H,3-7,10-12H2,1-2H3. The summed E-state index contributed by atoms with van der Waals surface area (Å²) in [6.45, 7) is 5.83. The summed E-state index contributed by atoms with van der Waals surface area (Å²) < 4.78 is 32.3. The first-order valence-electron chi connectivity index (χ1n) is 7.82. The second-order valence-electron chi connectivity index (χ2n) is 5.93. The Morgan fingerprint density at radius 1 is 1.14 bits per heavy atom.